The van der Waals surface area contributed by atoms with Crippen LogP contribution in [0.3, 0.4) is 0 Å². The smallest absolute Gasteiger partial charge is 0.407 e. The number of esters is 1. The first kappa shape index (κ1) is 44.3. The molecular formula is C41H54ClF2N5O5. The Hall–Kier alpha value is -4.10. The van der Waals surface area contributed by atoms with Crippen molar-refractivity contribution in [1.29, 1.82) is 10.5 Å². The number of halogens is 3. The molecule has 2 heterocycles. The summed E-state index contributed by atoms with van der Waals surface area (Å²) in [5, 5.41) is 25.2. The van der Waals surface area contributed by atoms with E-state index in [1.54, 1.807) is 25.1 Å². The lowest BCUT2D eigenvalue weighted by Gasteiger charge is -2.39. The van der Waals surface area contributed by atoms with Crippen molar-refractivity contribution in [3.05, 3.63) is 71.3 Å². The van der Waals surface area contributed by atoms with E-state index in [-0.39, 0.29) is 47.9 Å². The number of hydrogen-bond donors (Lipinski definition) is 2. The van der Waals surface area contributed by atoms with Gasteiger partial charge >= 0.3 is 12.1 Å². The molecule has 1 amide bonds. The predicted octanol–water partition coefficient (Wildman–Crippen LogP) is 7.05. The van der Waals surface area contributed by atoms with Gasteiger partial charge in [-0.1, -0.05) is 24.3 Å². The van der Waals surface area contributed by atoms with Crippen LogP contribution in [0, 0.1) is 40.2 Å². The number of rotatable bonds is 8. The van der Waals surface area contributed by atoms with E-state index in [1.165, 1.54) is 24.3 Å². The molecule has 13 heteroatoms. The third-order valence-electron chi connectivity index (χ3n) is 10.9. The fourth-order valence-electron chi connectivity index (χ4n) is 7.84. The number of carbonyl (C=O) groups is 3. The third kappa shape index (κ3) is 12.5. The summed E-state index contributed by atoms with van der Waals surface area (Å²) < 4.78 is 36.5. The Morgan fingerprint density at radius 2 is 1.46 bits per heavy atom. The highest BCUT2D eigenvalue weighted by molar-refractivity contribution is 5.85. The fourth-order valence-corrected chi connectivity index (χ4v) is 7.84. The lowest BCUT2D eigenvalue weighted by atomic mass is 9.69. The van der Waals surface area contributed by atoms with Crippen LogP contribution in [0.15, 0.2) is 48.5 Å². The molecule has 54 heavy (non-hydrogen) atoms. The van der Waals surface area contributed by atoms with Gasteiger partial charge in [-0.25, -0.2) is 13.6 Å². The molecule has 0 spiro atoms. The summed E-state index contributed by atoms with van der Waals surface area (Å²) >= 11 is 0. The number of carbonyl (C=O) groups excluding carboxylic acids is 3. The van der Waals surface area contributed by atoms with Crippen molar-refractivity contribution in [2.24, 2.45) is 5.92 Å². The molecular weight excluding hydrogens is 716 g/mol. The van der Waals surface area contributed by atoms with Crippen molar-refractivity contribution in [2.45, 2.75) is 107 Å². The Balaban J connectivity index is 0.000000238. The molecule has 294 valence electrons. The van der Waals surface area contributed by atoms with E-state index in [4.69, 9.17) is 9.47 Å². The molecule has 2 atom stereocenters. The van der Waals surface area contributed by atoms with Gasteiger partial charge in [0.1, 0.15) is 17.4 Å². The van der Waals surface area contributed by atoms with Crippen molar-refractivity contribution >= 4 is 30.3 Å². The predicted molar refractivity (Wildman–Crippen MR) is 203 cm³/mol. The third-order valence-corrected chi connectivity index (χ3v) is 10.9. The number of benzene rings is 2. The molecule has 2 aromatic rings. The Kier molecular flexibility index (Phi) is 17.8. The zero-order chi connectivity index (χ0) is 38.3. The largest absolute Gasteiger partial charge is 0.466 e. The number of nitrogens with one attached hydrogen (secondary N) is 2. The molecule has 2 aliphatic heterocycles. The van der Waals surface area contributed by atoms with Crippen molar-refractivity contribution in [2.75, 3.05) is 39.4 Å². The summed E-state index contributed by atoms with van der Waals surface area (Å²) in [7, 11) is 0. The highest BCUT2D eigenvalue weighted by Crippen LogP contribution is 2.41. The van der Waals surface area contributed by atoms with E-state index in [2.05, 4.69) is 27.7 Å². The summed E-state index contributed by atoms with van der Waals surface area (Å²) in [6.45, 7) is 8.29. The maximum atomic E-state index is 13.6. The first-order valence-electron chi connectivity index (χ1n) is 18.9. The Morgan fingerprint density at radius 3 is 1.96 bits per heavy atom. The minimum atomic E-state index is -0.671. The summed E-state index contributed by atoms with van der Waals surface area (Å²) in [4.78, 5) is 36.1. The van der Waals surface area contributed by atoms with Crippen molar-refractivity contribution in [1.82, 2.24) is 15.5 Å². The van der Waals surface area contributed by atoms with Crippen molar-refractivity contribution in [3.63, 3.8) is 0 Å². The second-order valence-corrected chi connectivity index (χ2v) is 14.4. The van der Waals surface area contributed by atoms with Gasteiger partial charge in [-0.05, 0) is 120 Å². The lowest BCUT2D eigenvalue weighted by Crippen LogP contribution is -2.43. The molecule has 0 radical (unpaired) electrons. The van der Waals surface area contributed by atoms with Crippen LogP contribution in [0.1, 0.15) is 95.6 Å². The SMILES string of the molecule is CCOC(=O)C[C@H]1CCNC1.CCOC(=O)N[C@H]1CCN(C2CCC(C#N)(c3cccc(F)c3)CC2)C1.Cl.N#CC1(c2cccc(F)c2)CCC(=O)CC1. The number of Topliss-reactive ketones (excluding diaryl/α,β-unsaturated/α-hetero) is 1. The quantitative estimate of drug-likeness (QED) is 0.270. The number of nitriles is 2. The van der Waals surface area contributed by atoms with Gasteiger partial charge in [0.25, 0.3) is 0 Å². The minimum Gasteiger partial charge on any atom is -0.466 e. The number of ketones is 1. The van der Waals surface area contributed by atoms with E-state index in [0.29, 0.717) is 62.8 Å². The van der Waals surface area contributed by atoms with E-state index in [1.807, 2.05) is 13.0 Å². The Morgan fingerprint density at radius 1 is 0.889 bits per heavy atom. The standard InChI is InChI=1S/C20H26FN3O2.C13H12FNO.C8H15NO2.ClH/c1-2-26-19(25)23-17-8-11-24(13-17)18-6-9-20(14-22,10-7-18)15-4-3-5-16(21)12-15;14-11-3-1-2-10(8-11)13(9-15)6-4-12(16)5-7-13;1-2-11-8(10)5-7-3-4-9-6-7;/h3-5,12,17-18H,2,6-11,13H2,1H3,(H,23,25);1-3,8H,4-7H2;7,9H,2-6H2,1H3;1H/t17-,18?,20?;;7-;/m0.1./s1. The van der Waals surface area contributed by atoms with Crippen molar-refractivity contribution < 1.29 is 32.6 Å². The highest BCUT2D eigenvalue weighted by Gasteiger charge is 2.40. The van der Waals surface area contributed by atoms with Crippen LogP contribution in [-0.2, 0) is 29.9 Å². The van der Waals surface area contributed by atoms with Gasteiger partial charge in [0, 0.05) is 44.4 Å². The average Bonchev–Trinajstić information content (AvgIpc) is 3.85. The molecule has 6 rings (SSSR count). The number of nitrogens with zero attached hydrogens (tertiary/aromatic N) is 3. The van der Waals surface area contributed by atoms with Gasteiger partial charge in [0.2, 0.25) is 0 Å². The summed E-state index contributed by atoms with van der Waals surface area (Å²) in [5.74, 6) is 0.0354. The monoisotopic (exact) mass is 769 g/mol. The second kappa shape index (κ2) is 21.7. The molecule has 2 N–H and O–H groups in total. The van der Waals surface area contributed by atoms with Crippen LogP contribution in [-0.4, -0.2) is 74.2 Å². The molecule has 2 saturated carbocycles. The zero-order valence-corrected chi connectivity index (χ0v) is 32.2. The van der Waals surface area contributed by atoms with Gasteiger partial charge in [-0.3, -0.25) is 14.5 Å². The van der Waals surface area contributed by atoms with Gasteiger partial charge in [0.05, 0.1) is 36.2 Å². The maximum Gasteiger partial charge on any atom is 0.407 e. The average molecular weight is 770 g/mol. The van der Waals surface area contributed by atoms with Gasteiger partial charge in [-0.15, -0.1) is 12.4 Å². The zero-order valence-electron chi connectivity index (χ0n) is 31.4. The van der Waals surface area contributed by atoms with Crippen LogP contribution >= 0.6 is 12.4 Å². The normalized spacial score (nSPS) is 24.5. The number of alkyl carbamates (subject to hydrolysis) is 1. The van der Waals surface area contributed by atoms with E-state index >= 15 is 0 Å². The van der Waals surface area contributed by atoms with Crippen LogP contribution in [0.2, 0.25) is 0 Å². The minimum absolute atomic E-state index is 0. The molecule has 4 aliphatic rings. The van der Waals surface area contributed by atoms with Gasteiger partial charge < -0.3 is 20.1 Å². The molecule has 0 unspecified atom stereocenters. The van der Waals surface area contributed by atoms with Crippen LogP contribution in [0.4, 0.5) is 13.6 Å². The molecule has 2 saturated heterocycles. The summed E-state index contributed by atoms with van der Waals surface area (Å²) in [5.41, 5.74) is 0.237. The topological polar surface area (TPSA) is 145 Å². The first-order chi connectivity index (χ1) is 25.5. The fraction of sp³-hybridized carbons (Fsp3) is 0.585. The number of hydrogen-bond acceptors (Lipinski definition) is 9. The van der Waals surface area contributed by atoms with Gasteiger partial charge in [-0.2, -0.15) is 10.5 Å². The second-order valence-electron chi connectivity index (χ2n) is 14.4. The summed E-state index contributed by atoms with van der Waals surface area (Å²) in [6.07, 6.45) is 7.42. The Labute approximate surface area is 324 Å². The number of amides is 1. The van der Waals surface area contributed by atoms with Crippen molar-refractivity contribution in [3.8, 4) is 12.1 Å². The highest BCUT2D eigenvalue weighted by atomic mass is 35.5. The Bertz CT molecular complexity index is 1610. The molecule has 2 aromatic carbocycles. The van der Waals surface area contributed by atoms with E-state index in [0.717, 1.165) is 70.3 Å². The molecule has 4 fully saturated rings. The summed E-state index contributed by atoms with van der Waals surface area (Å²) in [6, 6.07) is 17.9. The van der Waals surface area contributed by atoms with E-state index in [9.17, 15) is 33.7 Å². The first-order valence-corrected chi connectivity index (χ1v) is 18.9. The number of likely N-dealkylation sites (tertiary alicyclic amines) is 1. The van der Waals surface area contributed by atoms with E-state index < -0.39 is 10.8 Å². The van der Waals surface area contributed by atoms with Gasteiger partial charge in [0.15, 0.2) is 0 Å². The molecule has 2 aliphatic carbocycles. The number of ether oxygens (including phenoxy) is 2. The molecule has 0 bridgehead atoms. The maximum absolute atomic E-state index is 13.6. The molecule has 10 nitrogen and oxygen atoms in total. The van der Waals surface area contributed by atoms with Crippen LogP contribution < -0.4 is 10.6 Å². The lowest BCUT2D eigenvalue weighted by molar-refractivity contribution is -0.144. The molecule has 0 aromatic heterocycles. The van der Waals surface area contributed by atoms with Crippen LogP contribution in [0.25, 0.3) is 0 Å². The van der Waals surface area contributed by atoms with Crippen LogP contribution in [0.5, 0.6) is 0 Å².